The maximum atomic E-state index is 12.7. The van der Waals surface area contributed by atoms with E-state index in [-0.39, 0.29) is 11.5 Å². The fourth-order valence-electron chi connectivity index (χ4n) is 2.25. The summed E-state index contributed by atoms with van der Waals surface area (Å²) in [6.07, 6.45) is -1.19. The second-order valence-corrected chi connectivity index (χ2v) is 5.63. The Morgan fingerprint density at radius 1 is 1.17 bits per heavy atom. The molecule has 0 amide bonds. The van der Waals surface area contributed by atoms with Gasteiger partial charge in [0.15, 0.2) is 11.9 Å². The maximum Gasteiger partial charge on any atom is 0.344 e. The Morgan fingerprint density at radius 2 is 1.83 bits per heavy atom. The average Bonchev–Trinajstić information content (AvgIpc) is 2.58. The highest BCUT2D eigenvalue weighted by Crippen LogP contribution is 2.32. The fourth-order valence-corrected chi connectivity index (χ4v) is 2.38. The predicted molar refractivity (Wildman–Crippen MR) is 90.7 cm³/mol. The van der Waals surface area contributed by atoms with Gasteiger partial charge in [0.25, 0.3) is 0 Å². The Balaban J connectivity index is 2.26. The van der Waals surface area contributed by atoms with E-state index in [0.717, 1.165) is 0 Å². The van der Waals surface area contributed by atoms with Gasteiger partial charge in [0.1, 0.15) is 5.58 Å². The normalized spacial score (nSPS) is 12.1. The number of hydrogen-bond donors (Lipinski definition) is 1. The molecular weight excluding hydrogens is 332 g/mol. The quantitative estimate of drug-likeness (QED) is 0.775. The van der Waals surface area contributed by atoms with E-state index in [1.807, 2.05) is 0 Å². The van der Waals surface area contributed by atoms with E-state index in [0.29, 0.717) is 21.6 Å². The highest BCUT2D eigenvalue weighted by molar-refractivity contribution is 6.30. The van der Waals surface area contributed by atoms with Gasteiger partial charge in [0, 0.05) is 10.6 Å². The lowest BCUT2D eigenvalue weighted by atomic mass is 10.1. The molecule has 0 fully saturated rings. The van der Waals surface area contributed by atoms with E-state index in [4.69, 9.17) is 25.9 Å². The lowest BCUT2D eigenvalue weighted by Crippen LogP contribution is -2.26. The van der Waals surface area contributed by atoms with Gasteiger partial charge in [-0.25, -0.2) is 4.79 Å². The Hall–Kier alpha value is -2.79. The summed E-state index contributed by atoms with van der Waals surface area (Å²) in [7, 11) is 0. The van der Waals surface area contributed by atoms with Crippen LogP contribution >= 0.6 is 11.6 Å². The molecule has 24 heavy (non-hydrogen) atoms. The number of ether oxygens (including phenoxy) is 1. The number of aliphatic carboxylic acids is 1. The monoisotopic (exact) mass is 344 g/mol. The highest BCUT2D eigenvalue weighted by atomic mass is 35.5. The van der Waals surface area contributed by atoms with Crippen molar-refractivity contribution in [1.29, 1.82) is 0 Å². The van der Waals surface area contributed by atoms with E-state index < -0.39 is 17.5 Å². The molecule has 1 atom stereocenters. The second kappa shape index (κ2) is 6.37. The molecule has 0 aliphatic heterocycles. The van der Waals surface area contributed by atoms with E-state index in [9.17, 15) is 9.59 Å². The molecule has 0 radical (unpaired) electrons. The van der Waals surface area contributed by atoms with Crippen molar-refractivity contribution in [1.82, 2.24) is 0 Å². The fraction of sp³-hybridized carbons (Fsp3) is 0.111. The van der Waals surface area contributed by atoms with Gasteiger partial charge < -0.3 is 14.3 Å². The molecule has 0 bridgehead atoms. The molecule has 0 saturated carbocycles. The molecule has 1 N–H and O–H groups in total. The van der Waals surface area contributed by atoms with Crippen LogP contribution in [0.15, 0.2) is 57.7 Å². The summed E-state index contributed by atoms with van der Waals surface area (Å²) in [4.78, 5) is 23.8. The van der Waals surface area contributed by atoms with Crippen molar-refractivity contribution in [2.24, 2.45) is 0 Å². The van der Waals surface area contributed by atoms with Crippen molar-refractivity contribution in [3.63, 3.8) is 0 Å². The highest BCUT2D eigenvalue weighted by Gasteiger charge is 2.22. The smallest absolute Gasteiger partial charge is 0.344 e. The third-order valence-corrected chi connectivity index (χ3v) is 3.76. The molecular formula is C18H13ClO5. The van der Waals surface area contributed by atoms with Crippen molar-refractivity contribution in [3.8, 4) is 17.1 Å². The summed E-state index contributed by atoms with van der Waals surface area (Å²) < 4.78 is 11.2. The van der Waals surface area contributed by atoms with Gasteiger partial charge >= 0.3 is 5.97 Å². The number of fused-ring (bicyclic) bond motifs is 1. The number of carboxylic acid groups (broad SMARTS) is 1. The van der Waals surface area contributed by atoms with Crippen LogP contribution in [0.3, 0.4) is 0 Å². The molecule has 0 aliphatic carbocycles. The summed E-state index contributed by atoms with van der Waals surface area (Å²) >= 11 is 5.89. The van der Waals surface area contributed by atoms with Crippen molar-refractivity contribution in [2.75, 3.05) is 0 Å². The average molecular weight is 345 g/mol. The lowest BCUT2D eigenvalue weighted by Gasteiger charge is -2.14. The van der Waals surface area contributed by atoms with Crippen LogP contribution in [0.2, 0.25) is 5.02 Å². The SMILES string of the molecule is C[C@H](Oc1c(-c2ccc(Cl)cc2)oc2ccccc2c1=O)C(=O)O. The van der Waals surface area contributed by atoms with Crippen molar-refractivity contribution in [3.05, 3.63) is 63.8 Å². The first-order valence-corrected chi connectivity index (χ1v) is 7.56. The summed E-state index contributed by atoms with van der Waals surface area (Å²) in [5.41, 5.74) is 0.535. The van der Waals surface area contributed by atoms with Crippen LogP contribution in [0.5, 0.6) is 5.75 Å². The van der Waals surface area contributed by atoms with Crippen molar-refractivity contribution < 1.29 is 19.1 Å². The van der Waals surface area contributed by atoms with Gasteiger partial charge in [-0.2, -0.15) is 0 Å². The number of halogens is 1. The Morgan fingerprint density at radius 3 is 2.50 bits per heavy atom. The predicted octanol–water partition coefficient (Wildman–Crippen LogP) is 3.97. The number of para-hydroxylation sites is 1. The third kappa shape index (κ3) is 2.98. The third-order valence-electron chi connectivity index (χ3n) is 3.50. The Kier molecular flexibility index (Phi) is 4.27. The number of carbonyl (C=O) groups is 1. The number of hydrogen-bond acceptors (Lipinski definition) is 4. The first-order valence-electron chi connectivity index (χ1n) is 7.18. The van der Waals surface area contributed by atoms with E-state index in [1.54, 1.807) is 48.5 Å². The molecule has 0 aliphatic rings. The molecule has 1 aromatic heterocycles. The van der Waals surface area contributed by atoms with E-state index in [2.05, 4.69) is 0 Å². The van der Waals surface area contributed by atoms with Crippen LogP contribution in [-0.4, -0.2) is 17.2 Å². The molecule has 122 valence electrons. The molecule has 2 aromatic carbocycles. The Bertz CT molecular complexity index is 959. The minimum absolute atomic E-state index is 0.133. The molecule has 0 unspecified atom stereocenters. The second-order valence-electron chi connectivity index (χ2n) is 5.19. The molecule has 0 spiro atoms. The molecule has 6 heteroatoms. The van der Waals surface area contributed by atoms with Crippen LogP contribution in [0.4, 0.5) is 0 Å². The molecule has 3 rings (SSSR count). The van der Waals surface area contributed by atoms with Gasteiger partial charge in [-0.1, -0.05) is 23.7 Å². The lowest BCUT2D eigenvalue weighted by molar-refractivity contribution is -0.144. The van der Waals surface area contributed by atoms with Crippen molar-refractivity contribution in [2.45, 2.75) is 13.0 Å². The summed E-state index contributed by atoms with van der Waals surface area (Å²) in [6, 6.07) is 13.4. The topological polar surface area (TPSA) is 76.7 Å². The van der Waals surface area contributed by atoms with Crippen LogP contribution in [0, 0.1) is 0 Å². The van der Waals surface area contributed by atoms with Gasteiger partial charge in [0.05, 0.1) is 5.39 Å². The van der Waals surface area contributed by atoms with Crippen LogP contribution in [-0.2, 0) is 4.79 Å². The molecule has 0 saturated heterocycles. The first-order chi connectivity index (χ1) is 11.5. The molecule has 3 aromatic rings. The zero-order valence-corrected chi connectivity index (χ0v) is 13.4. The van der Waals surface area contributed by atoms with E-state index in [1.165, 1.54) is 6.92 Å². The summed E-state index contributed by atoms with van der Waals surface area (Å²) in [5.74, 6) is -1.14. The molecule has 1 heterocycles. The zero-order chi connectivity index (χ0) is 17.3. The van der Waals surface area contributed by atoms with Crippen LogP contribution < -0.4 is 10.2 Å². The number of carboxylic acids is 1. The minimum atomic E-state index is -1.19. The Labute approximate surface area is 142 Å². The first kappa shape index (κ1) is 16.1. The number of benzene rings is 2. The molecule has 5 nitrogen and oxygen atoms in total. The summed E-state index contributed by atoms with van der Waals surface area (Å²) in [5, 5.41) is 9.92. The van der Waals surface area contributed by atoms with Crippen LogP contribution in [0.1, 0.15) is 6.92 Å². The van der Waals surface area contributed by atoms with E-state index >= 15 is 0 Å². The van der Waals surface area contributed by atoms with Gasteiger partial charge in [-0.05, 0) is 43.3 Å². The van der Waals surface area contributed by atoms with Crippen molar-refractivity contribution >= 4 is 28.5 Å². The largest absolute Gasteiger partial charge is 0.479 e. The minimum Gasteiger partial charge on any atom is -0.479 e. The van der Waals surface area contributed by atoms with Gasteiger partial charge in [0.2, 0.25) is 11.2 Å². The zero-order valence-electron chi connectivity index (χ0n) is 12.7. The number of rotatable bonds is 4. The standard InChI is InChI=1S/C18H13ClO5/c1-10(18(21)22)23-17-15(20)13-4-2-3-5-14(13)24-16(17)11-6-8-12(19)9-7-11/h2-10H,1H3,(H,21,22)/t10-/m0/s1. The maximum absolute atomic E-state index is 12.7. The van der Waals surface area contributed by atoms with Crippen LogP contribution in [0.25, 0.3) is 22.3 Å². The van der Waals surface area contributed by atoms with Gasteiger partial charge in [-0.15, -0.1) is 0 Å². The van der Waals surface area contributed by atoms with Gasteiger partial charge in [-0.3, -0.25) is 4.79 Å². The summed E-state index contributed by atoms with van der Waals surface area (Å²) in [6.45, 7) is 1.35.